The summed E-state index contributed by atoms with van der Waals surface area (Å²) in [7, 11) is 0. The summed E-state index contributed by atoms with van der Waals surface area (Å²) >= 11 is 1.72. The van der Waals surface area contributed by atoms with Gasteiger partial charge in [0.05, 0.1) is 18.8 Å². The average molecular weight is 374 g/mol. The van der Waals surface area contributed by atoms with E-state index in [0.717, 1.165) is 50.4 Å². The van der Waals surface area contributed by atoms with E-state index in [4.69, 9.17) is 9.05 Å². The highest BCUT2D eigenvalue weighted by molar-refractivity contribution is 7.09. The molecule has 0 atom stereocenters. The van der Waals surface area contributed by atoms with Gasteiger partial charge in [-0.25, -0.2) is 4.98 Å². The maximum absolute atomic E-state index is 5.43. The van der Waals surface area contributed by atoms with E-state index < -0.39 is 0 Å². The normalized spacial score (nSPS) is 16.8. The molecule has 0 unspecified atom stereocenters. The second-order valence-electron chi connectivity index (χ2n) is 6.55. The Morgan fingerprint density at radius 1 is 1.04 bits per heavy atom. The molecule has 8 nitrogen and oxygen atoms in total. The van der Waals surface area contributed by atoms with Crippen molar-refractivity contribution in [2.45, 2.75) is 33.4 Å². The molecule has 138 valence electrons. The van der Waals surface area contributed by atoms with Crippen molar-refractivity contribution < 1.29 is 9.05 Å². The molecule has 0 saturated carbocycles. The molecule has 1 aliphatic heterocycles. The summed E-state index contributed by atoms with van der Waals surface area (Å²) in [6, 6.07) is 0. The highest BCUT2D eigenvalue weighted by Gasteiger charge is 2.21. The predicted octanol–water partition coefficient (Wildman–Crippen LogP) is 2.51. The van der Waals surface area contributed by atoms with Gasteiger partial charge in [-0.2, -0.15) is 4.98 Å². The van der Waals surface area contributed by atoms with E-state index in [0.29, 0.717) is 24.0 Å². The van der Waals surface area contributed by atoms with Crippen LogP contribution in [0.15, 0.2) is 20.6 Å². The Morgan fingerprint density at radius 2 is 1.85 bits per heavy atom. The van der Waals surface area contributed by atoms with E-state index in [2.05, 4.69) is 30.1 Å². The zero-order chi connectivity index (χ0) is 17.9. The van der Waals surface area contributed by atoms with Crippen LogP contribution in [-0.2, 0) is 13.1 Å². The van der Waals surface area contributed by atoms with Crippen LogP contribution in [0.25, 0.3) is 11.5 Å². The van der Waals surface area contributed by atoms with Crippen molar-refractivity contribution in [3.63, 3.8) is 0 Å². The Bertz CT molecular complexity index is 824. The minimum absolute atomic E-state index is 0.483. The van der Waals surface area contributed by atoms with E-state index in [-0.39, 0.29) is 0 Å². The van der Waals surface area contributed by atoms with Crippen LogP contribution in [-0.4, -0.2) is 56.3 Å². The highest BCUT2D eigenvalue weighted by atomic mass is 32.1. The molecule has 4 heterocycles. The number of hydrogen-bond donors (Lipinski definition) is 0. The third-order valence-electron chi connectivity index (χ3n) is 4.60. The average Bonchev–Trinajstić information content (AvgIpc) is 3.31. The van der Waals surface area contributed by atoms with Crippen LogP contribution in [0.2, 0.25) is 0 Å². The number of rotatable bonds is 5. The third kappa shape index (κ3) is 3.84. The Labute approximate surface area is 155 Å². The lowest BCUT2D eigenvalue weighted by Gasteiger charge is -2.19. The van der Waals surface area contributed by atoms with Crippen molar-refractivity contribution in [1.82, 2.24) is 30.1 Å². The Kier molecular flexibility index (Phi) is 5.09. The van der Waals surface area contributed by atoms with Crippen molar-refractivity contribution in [2.75, 3.05) is 26.2 Å². The molecule has 0 aliphatic carbocycles. The maximum atomic E-state index is 5.43. The smallest absolute Gasteiger partial charge is 0.263 e. The fourth-order valence-corrected chi connectivity index (χ4v) is 3.93. The van der Waals surface area contributed by atoms with Crippen LogP contribution < -0.4 is 0 Å². The lowest BCUT2D eigenvalue weighted by atomic mass is 10.2. The molecule has 0 radical (unpaired) electrons. The molecule has 26 heavy (non-hydrogen) atoms. The second-order valence-corrected chi connectivity index (χ2v) is 7.53. The minimum Gasteiger partial charge on any atom is -0.361 e. The summed E-state index contributed by atoms with van der Waals surface area (Å²) in [5, 5.41) is 11.3. The van der Waals surface area contributed by atoms with Gasteiger partial charge in [-0.05, 0) is 33.4 Å². The van der Waals surface area contributed by atoms with Gasteiger partial charge in [0.25, 0.3) is 5.89 Å². The van der Waals surface area contributed by atoms with Gasteiger partial charge in [0, 0.05) is 24.7 Å². The summed E-state index contributed by atoms with van der Waals surface area (Å²) in [5.41, 5.74) is 1.57. The summed E-state index contributed by atoms with van der Waals surface area (Å²) in [6.45, 7) is 9.49. The standard InChI is InChI=1S/C17H22N6O2S/c1-12-16(13(2)24-20-12)17-19-14(21-25-17)10-22-5-3-6-23(8-7-22)11-15-18-4-9-26-15/h4,9H,3,5-8,10-11H2,1-2H3. The van der Waals surface area contributed by atoms with Crippen molar-refractivity contribution in [3.8, 4) is 11.5 Å². The number of aryl methyl sites for hydroxylation is 2. The quantitative estimate of drug-likeness (QED) is 0.673. The van der Waals surface area contributed by atoms with E-state index in [1.807, 2.05) is 25.4 Å². The van der Waals surface area contributed by atoms with Gasteiger partial charge in [0.15, 0.2) is 5.82 Å². The summed E-state index contributed by atoms with van der Waals surface area (Å²) in [4.78, 5) is 13.8. The van der Waals surface area contributed by atoms with E-state index in [1.165, 1.54) is 5.01 Å². The molecule has 0 bridgehead atoms. The third-order valence-corrected chi connectivity index (χ3v) is 5.37. The van der Waals surface area contributed by atoms with Gasteiger partial charge < -0.3 is 9.05 Å². The summed E-state index contributed by atoms with van der Waals surface area (Å²) in [6.07, 6.45) is 3.00. The van der Waals surface area contributed by atoms with E-state index in [9.17, 15) is 0 Å². The molecule has 0 amide bonds. The largest absolute Gasteiger partial charge is 0.361 e. The molecular formula is C17H22N6O2S. The van der Waals surface area contributed by atoms with Crippen LogP contribution in [0.5, 0.6) is 0 Å². The molecule has 3 aromatic heterocycles. The fraction of sp³-hybridized carbons (Fsp3) is 0.529. The molecule has 0 spiro atoms. The van der Waals surface area contributed by atoms with Crippen LogP contribution in [0.4, 0.5) is 0 Å². The Balaban J connectivity index is 1.36. The molecule has 3 aromatic rings. The molecule has 0 N–H and O–H groups in total. The number of hydrogen-bond acceptors (Lipinski definition) is 9. The first kappa shape index (κ1) is 17.3. The lowest BCUT2D eigenvalue weighted by Crippen LogP contribution is -2.30. The van der Waals surface area contributed by atoms with E-state index >= 15 is 0 Å². The van der Waals surface area contributed by atoms with Crippen LogP contribution in [0.1, 0.15) is 28.7 Å². The van der Waals surface area contributed by atoms with Crippen molar-refractivity contribution in [3.05, 3.63) is 33.9 Å². The topological polar surface area (TPSA) is 84.3 Å². The first-order valence-corrected chi connectivity index (χ1v) is 9.66. The monoisotopic (exact) mass is 374 g/mol. The predicted molar refractivity (Wildman–Crippen MR) is 96.6 cm³/mol. The Morgan fingerprint density at radius 3 is 2.54 bits per heavy atom. The molecular weight excluding hydrogens is 352 g/mol. The zero-order valence-corrected chi connectivity index (χ0v) is 15.8. The number of aromatic nitrogens is 4. The van der Waals surface area contributed by atoms with Crippen LogP contribution in [0, 0.1) is 13.8 Å². The number of thiazole rings is 1. The minimum atomic E-state index is 0.483. The maximum Gasteiger partial charge on any atom is 0.263 e. The molecule has 1 aliphatic rings. The van der Waals surface area contributed by atoms with Crippen molar-refractivity contribution in [1.29, 1.82) is 0 Å². The van der Waals surface area contributed by atoms with Gasteiger partial charge in [0.2, 0.25) is 0 Å². The van der Waals surface area contributed by atoms with Crippen LogP contribution in [0.3, 0.4) is 0 Å². The Hall–Kier alpha value is -2.10. The zero-order valence-electron chi connectivity index (χ0n) is 15.0. The van der Waals surface area contributed by atoms with E-state index in [1.54, 1.807) is 11.3 Å². The molecule has 9 heteroatoms. The van der Waals surface area contributed by atoms with Gasteiger partial charge >= 0.3 is 0 Å². The summed E-state index contributed by atoms with van der Waals surface area (Å²) in [5.74, 6) is 1.88. The highest BCUT2D eigenvalue weighted by Crippen LogP contribution is 2.25. The lowest BCUT2D eigenvalue weighted by molar-refractivity contribution is 0.241. The summed E-state index contributed by atoms with van der Waals surface area (Å²) < 4.78 is 10.6. The van der Waals surface area contributed by atoms with Gasteiger partial charge in [-0.15, -0.1) is 11.3 Å². The molecule has 1 fully saturated rings. The molecule has 0 aromatic carbocycles. The second kappa shape index (κ2) is 7.65. The van der Waals surface area contributed by atoms with Gasteiger partial charge in [0.1, 0.15) is 16.3 Å². The molecule has 1 saturated heterocycles. The first-order chi connectivity index (χ1) is 12.7. The first-order valence-electron chi connectivity index (χ1n) is 8.78. The van der Waals surface area contributed by atoms with Gasteiger partial charge in [-0.3, -0.25) is 9.80 Å². The van der Waals surface area contributed by atoms with Crippen molar-refractivity contribution >= 4 is 11.3 Å². The van der Waals surface area contributed by atoms with Gasteiger partial charge in [-0.1, -0.05) is 10.3 Å². The van der Waals surface area contributed by atoms with Crippen molar-refractivity contribution in [2.24, 2.45) is 0 Å². The molecule has 4 rings (SSSR count). The fourth-order valence-electron chi connectivity index (χ4n) is 3.27. The van der Waals surface area contributed by atoms with Crippen LogP contribution >= 0.6 is 11.3 Å². The number of nitrogens with zero attached hydrogens (tertiary/aromatic N) is 6. The SMILES string of the molecule is Cc1noc(C)c1-c1nc(CN2CCCN(Cc3nccs3)CC2)no1.